The topological polar surface area (TPSA) is 65.0 Å². The molecule has 3 rings (SSSR count). The average molecular weight is 542 g/mol. The Morgan fingerprint density at radius 1 is 1.33 bits per heavy atom. The molecule has 11 heteroatoms. The van der Waals surface area contributed by atoms with E-state index < -0.39 is 12.7 Å². The molecule has 2 atom stereocenters. The molecule has 2 aliphatic rings. The van der Waals surface area contributed by atoms with Crippen molar-refractivity contribution in [2.45, 2.75) is 38.2 Å². The first-order chi connectivity index (χ1) is 13.8. The molecular weight excluding hydrogens is 512 g/mol. The smallest absolute Gasteiger partial charge is 0.375 e. The zero-order valence-corrected chi connectivity index (χ0v) is 19.6. The first-order valence-corrected chi connectivity index (χ1v) is 9.90. The van der Waals surface area contributed by atoms with E-state index in [1.165, 1.54) is 4.90 Å². The molecular formula is C19H30F3IN6O. The fraction of sp³-hybridized carbons (Fsp3) is 0.684. The van der Waals surface area contributed by atoms with Crippen LogP contribution < -0.4 is 15.5 Å². The third-order valence-corrected chi connectivity index (χ3v) is 5.07. The lowest BCUT2D eigenvalue weighted by molar-refractivity contribution is -0.143. The molecule has 2 saturated heterocycles. The van der Waals surface area contributed by atoms with E-state index in [9.17, 15) is 13.2 Å². The fourth-order valence-electron chi connectivity index (χ4n) is 3.69. The summed E-state index contributed by atoms with van der Waals surface area (Å²) in [6, 6.07) is 3.93. The van der Waals surface area contributed by atoms with Crippen LogP contribution in [0.4, 0.5) is 19.0 Å². The standard InChI is InChI=1S/C19H29F3N6O.HI/c1-14-11-28(7-8-29-14)17-9-15(3-5-24-17)10-25-18(23-2)26-16-4-6-27(12-16)13-19(20,21)22;/h3,5,9,14,16H,4,6-8,10-13H2,1-2H3,(H2,23,25,26);1H. The second kappa shape index (κ2) is 11.3. The highest BCUT2D eigenvalue weighted by molar-refractivity contribution is 14.0. The Kier molecular flexibility index (Phi) is 9.41. The van der Waals surface area contributed by atoms with Gasteiger partial charge >= 0.3 is 6.18 Å². The summed E-state index contributed by atoms with van der Waals surface area (Å²) in [7, 11) is 1.66. The number of halogens is 4. The molecule has 170 valence electrons. The van der Waals surface area contributed by atoms with Gasteiger partial charge in [0.25, 0.3) is 0 Å². The van der Waals surface area contributed by atoms with Gasteiger partial charge in [0, 0.05) is 52.0 Å². The predicted molar refractivity (Wildman–Crippen MR) is 122 cm³/mol. The number of nitrogens with one attached hydrogen (secondary N) is 2. The van der Waals surface area contributed by atoms with Crippen LogP contribution in [0.25, 0.3) is 0 Å². The van der Waals surface area contributed by atoms with Gasteiger partial charge in [0.1, 0.15) is 5.82 Å². The van der Waals surface area contributed by atoms with Crippen molar-refractivity contribution in [1.82, 2.24) is 20.5 Å². The number of anilines is 1. The maximum absolute atomic E-state index is 12.5. The average Bonchev–Trinajstić information content (AvgIpc) is 3.10. The number of guanidine groups is 1. The van der Waals surface area contributed by atoms with Crippen LogP contribution in [0, 0.1) is 0 Å². The van der Waals surface area contributed by atoms with Crippen LogP contribution in [0.2, 0.25) is 0 Å². The minimum atomic E-state index is -4.16. The van der Waals surface area contributed by atoms with Crippen molar-refractivity contribution in [2.24, 2.45) is 4.99 Å². The lowest BCUT2D eigenvalue weighted by Gasteiger charge is -2.32. The van der Waals surface area contributed by atoms with Crippen LogP contribution in [0.5, 0.6) is 0 Å². The van der Waals surface area contributed by atoms with Crippen molar-refractivity contribution in [2.75, 3.05) is 51.3 Å². The molecule has 30 heavy (non-hydrogen) atoms. The van der Waals surface area contributed by atoms with Gasteiger partial charge in [-0.25, -0.2) is 4.98 Å². The summed E-state index contributed by atoms with van der Waals surface area (Å²) in [6.45, 7) is 4.83. The third kappa shape index (κ3) is 7.73. The number of pyridine rings is 1. The van der Waals surface area contributed by atoms with Crippen molar-refractivity contribution < 1.29 is 17.9 Å². The fourth-order valence-corrected chi connectivity index (χ4v) is 3.69. The first-order valence-electron chi connectivity index (χ1n) is 9.90. The summed E-state index contributed by atoms with van der Waals surface area (Å²) in [5, 5.41) is 6.46. The van der Waals surface area contributed by atoms with E-state index in [0.717, 1.165) is 24.5 Å². The maximum Gasteiger partial charge on any atom is 0.401 e. The zero-order chi connectivity index (χ0) is 20.9. The second-order valence-corrected chi connectivity index (χ2v) is 7.56. The van der Waals surface area contributed by atoms with E-state index in [0.29, 0.717) is 38.6 Å². The summed E-state index contributed by atoms with van der Waals surface area (Å²) >= 11 is 0. The number of likely N-dealkylation sites (tertiary alicyclic amines) is 1. The van der Waals surface area contributed by atoms with Gasteiger partial charge < -0.3 is 20.3 Å². The number of ether oxygens (including phenoxy) is 1. The number of aliphatic imine (C=N–C) groups is 1. The van der Waals surface area contributed by atoms with Crippen LogP contribution in [0.3, 0.4) is 0 Å². The highest BCUT2D eigenvalue weighted by atomic mass is 127. The lowest BCUT2D eigenvalue weighted by Crippen LogP contribution is -2.45. The Morgan fingerprint density at radius 2 is 2.13 bits per heavy atom. The van der Waals surface area contributed by atoms with E-state index in [4.69, 9.17) is 4.74 Å². The number of aromatic nitrogens is 1. The van der Waals surface area contributed by atoms with Crippen LogP contribution in [0.15, 0.2) is 23.3 Å². The number of rotatable bonds is 5. The number of morpholine rings is 1. The molecule has 2 fully saturated rings. The van der Waals surface area contributed by atoms with Crippen LogP contribution in [0.1, 0.15) is 18.9 Å². The monoisotopic (exact) mass is 542 g/mol. The van der Waals surface area contributed by atoms with Crippen molar-refractivity contribution in [3.8, 4) is 0 Å². The van der Waals surface area contributed by atoms with Crippen molar-refractivity contribution in [3.63, 3.8) is 0 Å². The third-order valence-electron chi connectivity index (χ3n) is 5.07. The number of alkyl halides is 3. The Hall–Kier alpha value is -1.34. The SMILES string of the molecule is CN=C(NCc1ccnc(N2CCOC(C)C2)c1)NC1CCN(CC(F)(F)F)C1.I. The molecule has 0 spiro atoms. The van der Waals surface area contributed by atoms with Crippen molar-refractivity contribution in [3.05, 3.63) is 23.9 Å². The van der Waals surface area contributed by atoms with Gasteiger partial charge in [-0.1, -0.05) is 0 Å². The predicted octanol–water partition coefficient (Wildman–Crippen LogP) is 2.23. The minimum Gasteiger partial charge on any atom is -0.375 e. The number of nitrogens with zero attached hydrogens (tertiary/aromatic N) is 4. The van der Waals surface area contributed by atoms with E-state index in [1.807, 2.05) is 19.1 Å². The van der Waals surface area contributed by atoms with Crippen molar-refractivity contribution in [1.29, 1.82) is 0 Å². The van der Waals surface area contributed by atoms with Gasteiger partial charge in [-0.2, -0.15) is 13.2 Å². The molecule has 1 aromatic heterocycles. The van der Waals surface area contributed by atoms with Crippen LogP contribution in [-0.2, 0) is 11.3 Å². The van der Waals surface area contributed by atoms with Crippen molar-refractivity contribution >= 4 is 35.8 Å². The van der Waals surface area contributed by atoms with Gasteiger partial charge in [0.05, 0.1) is 19.3 Å². The van der Waals surface area contributed by atoms with Gasteiger partial charge in [0.2, 0.25) is 0 Å². The molecule has 0 bridgehead atoms. The molecule has 0 saturated carbocycles. The molecule has 0 aromatic carbocycles. The summed E-state index contributed by atoms with van der Waals surface area (Å²) in [5.41, 5.74) is 1.06. The normalized spacial score (nSPS) is 23.2. The molecule has 0 aliphatic carbocycles. The minimum absolute atomic E-state index is 0. The largest absolute Gasteiger partial charge is 0.401 e. The summed E-state index contributed by atoms with van der Waals surface area (Å²) in [5.74, 6) is 1.50. The van der Waals surface area contributed by atoms with Crippen LogP contribution >= 0.6 is 24.0 Å². The second-order valence-electron chi connectivity index (χ2n) is 7.56. The summed E-state index contributed by atoms with van der Waals surface area (Å²) in [6.07, 6.45) is -1.54. The molecule has 2 N–H and O–H groups in total. The maximum atomic E-state index is 12.5. The van der Waals surface area contributed by atoms with E-state index in [-0.39, 0.29) is 36.1 Å². The Balaban J connectivity index is 0.00000320. The molecule has 0 radical (unpaired) electrons. The highest BCUT2D eigenvalue weighted by Gasteiger charge is 2.34. The molecule has 2 unspecified atom stereocenters. The Labute approximate surface area is 192 Å². The van der Waals surface area contributed by atoms with Gasteiger partial charge in [-0.3, -0.25) is 9.89 Å². The Morgan fingerprint density at radius 3 is 2.83 bits per heavy atom. The quantitative estimate of drug-likeness (QED) is 0.338. The number of hydrogen-bond donors (Lipinski definition) is 2. The Bertz CT molecular complexity index is 705. The van der Waals surface area contributed by atoms with Gasteiger partial charge in [0.15, 0.2) is 5.96 Å². The summed E-state index contributed by atoms with van der Waals surface area (Å²) < 4.78 is 43.2. The molecule has 1 aromatic rings. The molecule has 0 amide bonds. The molecule has 2 aliphatic heterocycles. The summed E-state index contributed by atoms with van der Waals surface area (Å²) in [4.78, 5) is 12.3. The lowest BCUT2D eigenvalue weighted by atomic mass is 10.2. The zero-order valence-electron chi connectivity index (χ0n) is 17.3. The van der Waals surface area contributed by atoms with Gasteiger partial charge in [-0.15, -0.1) is 24.0 Å². The van der Waals surface area contributed by atoms with E-state index in [2.05, 4.69) is 25.5 Å². The highest BCUT2D eigenvalue weighted by Crippen LogP contribution is 2.20. The first kappa shape index (κ1) is 24.9. The van der Waals surface area contributed by atoms with Crippen LogP contribution in [-0.4, -0.2) is 80.5 Å². The molecule has 7 nitrogen and oxygen atoms in total. The van der Waals surface area contributed by atoms with E-state index >= 15 is 0 Å². The van der Waals surface area contributed by atoms with Gasteiger partial charge in [-0.05, 0) is 31.0 Å². The van der Waals surface area contributed by atoms with E-state index in [1.54, 1.807) is 13.2 Å². The molecule has 3 heterocycles. The number of hydrogen-bond acceptors (Lipinski definition) is 5.